The largest absolute Gasteiger partial charge is 0.381 e. The van der Waals surface area contributed by atoms with Crippen LogP contribution in [0.1, 0.15) is 42.7 Å². The fourth-order valence-electron chi connectivity index (χ4n) is 3.18. The molecule has 3 rings (SSSR count). The van der Waals surface area contributed by atoms with Crippen LogP contribution in [0.4, 0.5) is 0 Å². The van der Waals surface area contributed by atoms with Gasteiger partial charge in [0.1, 0.15) is 0 Å². The Morgan fingerprint density at radius 3 is 2.50 bits per heavy atom. The van der Waals surface area contributed by atoms with Crippen LogP contribution in [0, 0.1) is 6.92 Å². The first-order valence-corrected chi connectivity index (χ1v) is 7.10. The van der Waals surface area contributed by atoms with Crippen LogP contribution in [0.25, 0.3) is 0 Å². The quantitative estimate of drug-likeness (QED) is 0.880. The Hall–Kier alpha value is -0.860. The van der Waals surface area contributed by atoms with Gasteiger partial charge in [-0.2, -0.15) is 0 Å². The maximum atomic E-state index is 5.31. The second-order valence-corrected chi connectivity index (χ2v) is 5.97. The van der Waals surface area contributed by atoms with Gasteiger partial charge in [0.05, 0.1) is 6.10 Å². The van der Waals surface area contributed by atoms with Gasteiger partial charge in [0.2, 0.25) is 0 Å². The van der Waals surface area contributed by atoms with E-state index in [0.717, 1.165) is 12.0 Å². The molecule has 0 aliphatic heterocycles. The molecule has 0 heterocycles. The van der Waals surface area contributed by atoms with Crippen LogP contribution >= 0.6 is 0 Å². The van der Waals surface area contributed by atoms with E-state index in [1.807, 2.05) is 7.11 Å². The van der Waals surface area contributed by atoms with E-state index in [9.17, 15) is 0 Å². The van der Waals surface area contributed by atoms with Gasteiger partial charge in [-0.3, -0.25) is 0 Å². The summed E-state index contributed by atoms with van der Waals surface area (Å²) in [7, 11) is 1.82. The number of aryl methyl sites for hydroxylation is 1. The highest BCUT2D eigenvalue weighted by molar-refractivity contribution is 5.27. The van der Waals surface area contributed by atoms with E-state index in [-0.39, 0.29) is 0 Å². The van der Waals surface area contributed by atoms with E-state index >= 15 is 0 Å². The highest BCUT2D eigenvalue weighted by Gasteiger charge is 2.36. The van der Waals surface area contributed by atoms with Gasteiger partial charge >= 0.3 is 0 Å². The summed E-state index contributed by atoms with van der Waals surface area (Å²) in [5.41, 5.74) is 2.90. The Labute approximate surface area is 110 Å². The Morgan fingerprint density at radius 1 is 1.11 bits per heavy atom. The minimum Gasteiger partial charge on any atom is -0.381 e. The summed E-state index contributed by atoms with van der Waals surface area (Å²) in [6, 6.07) is 10.4. The second-order valence-electron chi connectivity index (χ2n) is 5.97. The number of hydrogen-bond acceptors (Lipinski definition) is 2. The highest BCUT2D eigenvalue weighted by Crippen LogP contribution is 2.38. The molecule has 98 valence electrons. The Morgan fingerprint density at radius 2 is 1.83 bits per heavy atom. The van der Waals surface area contributed by atoms with E-state index in [2.05, 4.69) is 36.5 Å². The van der Waals surface area contributed by atoms with Crippen molar-refractivity contribution in [1.29, 1.82) is 0 Å². The number of benzene rings is 1. The van der Waals surface area contributed by atoms with E-state index in [4.69, 9.17) is 4.74 Å². The van der Waals surface area contributed by atoms with E-state index in [0.29, 0.717) is 12.1 Å². The predicted octanol–water partition coefficient (Wildman–Crippen LogP) is 3.01. The van der Waals surface area contributed by atoms with Crippen molar-refractivity contribution in [3.8, 4) is 0 Å². The van der Waals surface area contributed by atoms with Crippen molar-refractivity contribution in [1.82, 2.24) is 5.32 Å². The average Bonchev–Trinajstić information content (AvgIpc) is 2.24. The molecule has 2 saturated carbocycles. The lowest BCUT2D eigenvalue weighted by atomic mass is 9.74. The van der Waals surface area contributed by atoms with Gasteiger partial charge in [0.25, 0.3) is 0 Å². The van der Waals surface area contributed by atoms with Gasteiger partial charge in [-0.1, -0.05) is 29.8 Å². The first-order valence-electron chi connectivity index (χ1n) is 7.10. The lowest BCUT2D eigenvalue weighted by Crippen LogP contribution is -2.52. The molecule has 18 heavy (non-hydrogen) atoms. The van der Waals surface area contributed by atoms with Gasteiger partial charge in [-0.15, -0.1) is 0 Å². The molecular weight excluding hydrogens is 222 g/mol. The molecule has 2 fully saturated rings. The van der Waals surface area contributed by atoms with E-state index in [1.165, 1.54) is 36.8 Å². The maximum absolute atomic E-state index is 5.31. The summed E-state index contributed by atoms with van der Waals surface area (Å²) in [6.07, 6.45) is 5.51. The molecule has 0 saturated heterocycles. The topological polar surface area (TPSA) is 21.3 Å². The third kappa shape index (κ3) is 2.45. The summed E-state index contributed by atoms with van der Waals surface area (Å²) in [6.45, 7) is 2.18. The summed E-state index contributed by atoms with van der Waals surface area (Å²) in [5.74, 6) is 0.778. The predicted molar refractivity (Wildman–Crippen MR) is 73.9 cm³/mol. The minimum atomic E-state index is 0.509. The molecule has 0 radical (unpaired) electrons. The Bertz CT molecular complexity index is 405. The minimum absolute atomic E-state index is 0.509. The zero-order valence-corrected chi connectivity index (χ0v) is 11.4. The molecule has 0 bridgehead atoms. The normalized spacial score (nSPS) is 34.8. The number of nitrogens with one attached hydrogen (secondary N) is 1. The van der Waals surface area contributed by atoms with E-state index in [1.54, 1.807) is 0 Å². The second kappa shape index (κ2) is 5.02. The van der Waals surface area contributed by atoms with Gasteiger partial charge in [-0.25, -0.2) is 0 Å². The first kappa shape index (κ1) is 12.2. The molecule has 0 unspecified atom stereocenters. The van der Waals surface area contributed by atoms with Crippen molar-refractivity contribution in [3.05, 3.63) is 35.4 Å². The molecule has 0 amide bonds. The molecule has 0 spiro atoms. The summed E-state index contributed by atoms with van der Waals surface area (Å²) < 4.78 is 5.31. The Balaban J connectivity index is 1.44. The van der Waals surface area contributed by atoms with Crippen LogP contribution in [0.2, 0.25) is 0 Å². The molecule has 1 aromatic carbocycles. The Kier molecular flexibility index (Phi) is 3.40. The van der Waals surface area contributed by atoms with Crippen LogP contribution < -0.4 is 5.32 Å². The highest BCUT2D eigenvalue weighted by atomic mass is 16.5. The molecule has 2 aliphatic rings. The van der Waals surface area contributed by atoms with Crippen molar-refractivity contribution in [2.45, 2.75) is 56.7 Å². The van der Waals surface area contributed by atoms with Crippen LogP contribution in [0.5, 0.6) is 0 Å². The lowest BCUT2D eigenvalue weighted by Gasteiger charge is -2.43. The standard InChI is InChI=1S/C16H23NO/c1-11-4-3-5-12(6-11)13-7-14(8-13)17-15-9-16(10-15)18-2/h3-6,13-17H,7-10H2,1-2H3. The monoisotopic (exact) mass is 245 g/mol. The SMILES string of the molecule is COC1CC(NC2CC(c3cccc(C)c3)C2)C1. The molecule has 2 heteroatoms. The van der Waals surface area contributed by atoms with Crippen LogP contribution in [-0.4, -0.2) is 25.3 Å². The fraction of sp³-hybridized carbons (Fsp3) is 0.625. The molecule has 1 N–H and O–H groups in total. The molecular formula is C16H23NO. The van der Waals surface area contributed by atoms with E-state index < -0.39 is 0 Å². The maximum Gasteiger partial charge on any atom is 0.0601 e. The van der Waals surface area contributed by atoms with Gasteiger partial charge < -0.3 is 10.1 Å². The van der Waals surface area contributed by atoms with Crippen molar-refractivity contribution in [2.24, 2.45) is 0 Å². The van der Waals surface area contributed by atoms with Crippen molar-refractivity contribution in [2.75, 3.05) is 7.11 Å². The zero-order valence-electron chi connectivity index (χ0n) is 11.4. The van der Waals surface area contributed by atoms with Crippen molar-refractivity contribution in [3.63, 3.8) is 0 Å². The fourth-order valence-corrected chi connectivity index (χ4v) is 3.18. The zero-order chi connectivity index (χ0) is 12.5. The third-order valence-electron chi connectivity index (χ3n) is 4.55. The first-order chi connectivity index (χ1) is 8.74. The van der Waals surface area contributed by atoms with Crippen molar-refractivity contribution < 1.29 is 4.74 Å². The van der Waals surface area contributed by atoms with Crippen LogP contribution in [-0.2, 0) is 4.74 Å². The molecule has 2 nitrogen and oxygen atoms in total. The van der Waals surface area contributed by atoms with Gasteiger partial charge in [-0.05, 0) is 44.1 Å². The van der Waals surface area contributed by atoms with Gasteiger partial charge in [0, 0.05) is 19.2 Å². The van der Waals surface area contributed by atoms with Crippen LogP contribution in [0.15, 0.2) is 24.3 Å². The number of rotatable bonds is 4. The third-order valence-corrected chi connectivity index (χ3v) is 4.55. The average molecular weight is 245 g/mol. The van der Waals surface area contributed by atoms with Crippen molar-refractivity contribution >= 4 is 0 Å². The lowest BCUT2D eigenvalue weighted by molar-refractivity contribution is 0.00999. The summed E-state index contributed by atoms with van der Waals surface area (Å²) >= 11 is 0. The molecule has 0 aromatic heterocycles. The summed E-state index contributed by atoms with van der Waals surface area (Å²) in [4.78, 5) is 0. The smallest absolute Gasteiger partial charge is 0.0601 e. The number of hydrogen-bond donors (Lipinski definition) is 1. The molecule has 1 aromatic rings. The molecule has 2 aliphatic carbocycles. The van der Waals surface area contributed by atoms with Crippen LogP contribution in [0.3, 0.4) is 0 Å². The number of methoxy groups -OCH3 is 1. The summed E-state index contributed by atoms with van der Waals surface area (Å²) in [5, 5.41) is 3.75. The molecule has 0 atom stereocenters. The number of ether oxygens (including phenoxy) is 1. The van der Waals surface area contributed by atoms with Gasteiger partial charge in [0.15, 0.2) is 0 Å².